The van der Waals surface area contributed by atoms with E-state index in [0.717, 1.165) is 25.1 Å². The normalized spacial score (nSPS) is 18.2. The highest BCUT2D eigenvalue weighted by Gasteiger charge is 2.36. The van der Waals surface area contributed by atoms with Gasteiger partial charge in [0.2, 0.25) is 0 Å². The van der Waals surface area contributed by atoms with E-state index in [0.29, 0.717) is 0 Å². The summed E-state index contributed by atoms with van der Waals surface area (Å²) in [6.45, 7) is 3.06. The summed E-state index contributed by atoms with van der Waals surface area (Å²) in [4.78, 5) is 0. The van der Waals surface area contributed by atoms with Gasteiger partial charge in [0.05, 0.1) is 11.3 Å². The Kier molecular flexibility index (Phi) is 3.98. The molecule has 1 N–H and O–H groups in total. The fourth-order valence-corrected chi connectivity index (χ4v) is 2.70. The summed E-state index contributed by atoms with van der Waals surface area (Å²) in [5.41, 5.74) is 2.23. The van der Waals surface area contributed by atoms with Crippen LogP contribution in [0.4, 0.5) is 0 Å². The zero-order valence-corrected chi connectivity index (χ0v) is 12.5. The van der Waals surface area contributed by atoms with Crippen LogP contribution in [-0.2, 0) is 4.74 Å². The highest BCUT2D eigenvalue weighted by Crippen LogP contribution is 2.34. The zero-order chi connectivity index (χ0) is 14.7. The topological polar surface area (TPSA) is 64.9 Å². The summed E-state index contributed by atoms with van der Waals surface area (Å²) in [6.07, 6.45) is 5.16. The molecule has 2 aromatic rings. The number of nitrogens with zero attached hydrogens (tertiary/aromatic N) is 4. The van der Waals surface area contributed by atoms with Crippen molar-refractivity contribution >= 4 is 0 Å². The molecule has 0 bridgehead atoms. The van der Waals surface area contributed by atoms with Gasteiger partial charge in [0, 0.05) is 19.7 Å². The van der Waals surface area contributed by atoms with Crippen molar-refractivity contribution < 1.29 is 4.74 Å². The fraction of sp³-hybridized carbons (Fsp3) is 0.533. The van der Waals surface area contributed by atoms with E-state index in [1.165, 1.54) is 12.0 Å². The molecule has 0 aliphatic heterocycles. The van der Waals surface area contributed by atoms with Crippen LogP contribution in [0.5, 0.6) is 0 Å². The summed E-state index contributed by atoms with van der Waals surface area (Å²) in [5, 5.41) is 14.8. The third-order valence-corrected chi connectivity index (χ3v) is 4.41. The van der Waals surface area contributed by atoms with Crippen molar-refractivity contribution in [1.82, 2.24) is 25.5 Å². The van der Waals surface area contributed by atoms with Gasteiger partial charge in [-0.05, 0) is 54.3 Å². The van der Waals surface area contributed by atoms with Gasteiger partial charge in [-0.2, -0.15) is 0 Å². The Morgan fingerprint density at radius 3 is 2.90 bits per heavy atom. The molecule has 1 atom stereocenters. The lowest BCUT2D eigenvalue weighted by Gasteiger charge is -2.41. The quantitative estimate of drug-likeness (QED) is 0.879. The standard InChI is InChI=1S/C15H21N5O/c1-12(16-10-15(21-2)7-4-8-15)13-5-3-6-14(9-13)20-11-17-18-19-20/h3,5-6,9,11-12,16H,4,7-8,10H2,1-2H3. The van der Waals surface area contributed by atoms with Gasteiger partial charge in [-0.1, -0.05) is 12.1 Å². The molecule has 1 aliphatic rings. The Morgan fingerprint density at radius 1 is 1.43 bits per heavy atom. The summed E-state index contributed by atoms with van der Waals surface area (Å²) < 4.78 is 7.32. The molecule has 1 unspecified atom stereocenters. The van der Waals surface area contributed by atoms with Gasteiger partial charge in [-0.25, -0.2) is 4.68 Å². The van der Waals surface area contributed by atoms with E-state index in [-0.39, 0.29) is 11.6 Å². The molecule has 0 amide bonds. The minimum atomic E-state index is 0.0433. The van der Waals surface area contributed by atoms with Crippen LogP contribution in [0.25, 0.3) is 5.69 Å². The Hall–Kier alpha value is -1.79. The van der Waals surface area contributed by atoms with Crippen molar-refractivity contribution in [3.05, 3.63) is 36.2 Å². The highest BCUT2D eigenvalue weighted by molar-refractivity contribution is 5.35. The van der Waals surface area contributed by atoms with Gasteiger partial charge in [0.15, 0.2) is 0 Å². The van der Waals surface area contributed by atoms with Crippen LogP contribution in [0.2, 0.25) is 0 Å². The zero-order valence-electron chi connectivity index (χ0n) is 12.5. The van der Waals surface area contributed by atoms with E-state index in [1.807, 2.05) is 19.2 Å². The van der Waals surface area contributed by atoms with Crippen molar-refractivity contribution in [3.8, 4) is 5.69 Å². The van der Waals surface area contributed by atoms with E-state index in [2.05, 4.69) is 39.9 Å². The van der Waals surface area contributed by atoms with E-state index in [4.69, 9.17) is 4.74 Å². The molecule has 1 aromatic heterocycles. The molecule has 1 heterocycles. The van der Waals surface area contributed by atoms with Gasteiger partial charge in [0.1, 0.15) is 6.33 Å². The first kappa shape index (κ1) is 14.2. The van der Waals surface area contributed by atoms with Crippen molar-refractivity contribution in [2.24, 2.45) is 0 Å². The van der Waals surface area contributed by atoms with Crippen LogP contribution < -0.4 is 5.32 Å². The van der Waals surface area contributed by atoms with Crippen molar-refractivity contribution in [2.45, 2.75) is 37.8 Å². The third kappa shape index (κ3) is 2.96. The van der Waals surface area contributed by atoms with E-state index < -0.39 is 0 Å². The smallest absolute Gasteiger partial charge is 0.143 e. The summed E-state index contributed by atoms with van der Waals surface area (Å²) in [7, 11) is 1.81. The molecule has 6 heteroatoms. The first-order chi connectivity index (χ1) is 10.2. The van der Waals surface area contributed by atoms with E-state index in [9.17, 15) is 0 Å². The SMILES string of the molecule is COC1(CNC(C)c2cccc(-n3cnnn3)c2)CCC1. The van der Waals surface area contributed by atoms with Crippen molar-refractivity contribution in [2.75, 3.05) is 13.7 Å². The maximum Gasteiger partial charge on any atom is 0.143 e. The monoisotopic (exact) mass is 287 g/mol. The van der Waals surface area contributed by atoms with Gasteiger partial charge < -0.3 is 10.1 Å². The number of nitrogens with one attached hydrogen (secondary N) is 1. The number of tetrazole rings is 1. The molecule has 1 aliphatic carbocycles. The molecule has 112 valence electrons. The van der Waals surface area contributed by atoms with Crippen LogP contribution in [-0.4, -0.2) is 39.5 Å². The number of hydrogen-bond donors (Lipinski definition) is 1. The molecule has 1 fully saturated rings. The Bertz CT molecular complexity index is 574. The largest absolute Gasteiger partial charge is 0.377 e. The Balaban J connectivity index is 1.67. The molecule has 0 saturated heterocycles. The highest BCUT2D eigenvalue weighted by atomic mass is 16.5. The van der Waals surface area contributed by atoms with Crippen LogP contribution in [0.15, 0.2) is 30.6 Å². The second-order valence-electron chi connectivity index (χ2n) is 5.69. The van der Waals surface area contributed by atoms with Crippen LogP contribution in [0.3, 0.4) is 0 Å². The molecule has 0 spiro atoms. The summed E-state index contributed by atoms with van der Waals surface area (Å²) in [5.74, 6) is 0. The number of methoxy groups -OCH3 is 1. The molecule has 1 aromatic carbocycles. The minimum Gasteiger partial charge on any atom is -0.377 e. The van der Waals surface area contributed by atoms with Gasteiger partial charge in [0.25, 0.3) is 0 Å². The minimum absolute atomic E-state index is 0.0433. The second kappa shape index (κ2) is 5.91. The van der Waals surface area contributed by atoms with Crippen LogP contribution in [0.1, 0.15) is 37.8 Å². The second-order valence-corrected chi connectivity index (χ2v) is 5.69. The number of aromatic nitrogens is 4. The summed E-state index contributed by atoms with van der Waals surface area (Å²) in [6, 6.07) is 8.50. The molecule has 3 rings (SSSR count). The average molecular weight is 287 g/mol. The number of benzene rings is 1. The molecule has 21 heavy (non-hydrogen) atoms. The number of hydrogen-bond acceptors (Lipinski definition) is 5. The number of rotatable bonds is 6. The van der Waals surface area contributed by atoms with Crippen molar-refractivity contribution in [3.63, 3.8) is 0 Å². The molecule has 1 saturated carbocycles. The first-order valence-electron chi connectivity index (χ1n) is 7.34. The van der Waals surface area contributed by atoms with Gasteiger partial charge in [-0.3, -0.25) is 0 Å². The van der Waals surface area contributed by atoms with E-state index in [1.54, 1.807) is 11.0 Å². The average Bonchev–Trinajstić information content (AvgIpc) is 3.01. The number of ether oxygens (including phenoxy) is 1. The fourth-order valence-electron chi connectivity index (χ4n) is 2.70. The maximum atomic E-state index is 5.65. The molecule has 0 radical (unpaired) electrons. The lowest BCUT2D eigenvalue weighted by atomic mass is 9.80. The lowest BCUT2D eigenvalue weighted by Crippen LogP contribution is -2.48. The maximum absolute atomic E-state index is 5.65. The predicted octanol–water partition coefficient (Wildman–Crippen LogP) is 1.88. The first-order valence-corrected chi connectivity index (χ1v) is 7.34. The van der Waals surface area contributed by atoms with Gasteiger partial charge in [-0.15, -0.1) is 5.10 Å². The van der Waals surface area contributed by atoms with Crippen molar-refractivity contribution in [1.29, 1.82) is 0 Å². The lowest BCUT2D eigenvalue weighted by molar-refractivity contribution is -0.0706. The Morgan fingerprint density at radius 2 is 2.29 bits per heavy atom. The third-order valence-electron chi connectivity index (χ3n) is 4.41. The molecule has 6 nitrogen and oxygen atoms in total. The molecular weight excluding hydrogens is 266 g/mol. The summed E-state index contributed by atoms with van der Waals surface area (Å²) >= 11 is 0. The van der Waals surface area contributed by atoms with Gasteiger partial charge >= 0.3 is 0 Å². The molecular formula is C15H21N5O. The van der Waals surface area contributed by atoms with E-state index >= 15 is 0 Å². The Labute approximate surface area is 124 Å². The predicted molar refractivity (Wildman–Crippen MR) is 79.2 cm³/mol. The van der Waals surface area contributed by atoms with Crippen LogP contribution in [0, 0.1) is 0 Å². The van der Waals surface area contributed by atoms with Crippen LogP contribution >= 0.6 is 0 Å².